The maximum Gasteiger partial charge on any atom is 0.432 e. The molecule has 0 aliphatic heterocycles. The van der Waals surface area contributed by atoms with Crippen LogP contribution in [0.1, 0.15) is 37.5 Å². The Morgan fingerprint density at radius 3 is 2.10 bits per heavy atom. The topological polar surface area (TPSA) is 64.6 Å². The second-order valence-electron chi connectivity index (χ2n) is 5.65. The summed E-state index contributed by atoms with van der Waals surface area (Å²) in [5.41, 5.74) is 4.20. The third-order valence-corrected chi connectivity index (χ3v) is 3.58. The van der Waals surface area contributed by atoms with Crippen molar-refractivity contribution in [2.75, 3.05) is 0 Å². The molecule has 0 aliphatic carbocycles. The molecule has 0 saturated carbocycles. The van der Waals surface area contributed by atoms with Gasteiger partial charge >= 0.3 is 6.09 Å². The van der Waals surface area contributed by atoms with Crippen molar-refractivity contribution in [2.24, 2.45) is 0 Å². The number of nitrogens with one attached hydrogen (secondary N) is 1. The molecule has 0 saturated heterocycles. The fourth-order valence-corrected chi connectivity index (χ4v) is 2.71. The highest BCUT2D eigenvalue weighted by molar-refractivity contribution is 7.80. The fraction of sp³-hybridized carbons (Fsp3) is 0.500. The zero-order valence-electron chi connectivity index (χ0n) is 12.7. The van der Waals surface area contributed by atoms with E-state index in [1.165, 1.54) is 0 Å². The molecule has 0 radical (unpaired) electrons. The van der Waals surface area contributed by atoms with Gasteiger partial charge in [0.15, 0.2) is 0 Å². The van der Waals surface area contributed by atoms with Crippen molar-refractivity contribution in [2.45, 2.75) is 52.0 Å². The Bertz CT molecular complexity index is 511. The summed E-state index contributed by atoms with van der Waals surface area (Å²) in [5.74, 6) is 0. The molecule has 1 amide bonds. The van der Waals surface area contributed by atoms with Crippen molar-refractivity contribution < 1.29 is 18.0 Å². The smallest absolute Gasteiger partial charge is 0.432 e. The van der Waals surface area contributed by atoms with Crippen LogP contribution in [0.4, 0.5) is 4.79 Å². The van der Waals surface area contributed by atoms with E-state index in [0.29, 0.717) is 4.90 Å². The Hall–Kier alpha value is -1.40. The summed E-state index contributed by atoms with van der Waals surface area (Å²) in [6.45, 7) is 10.9. The van der Waals surface area contributed by atoms with Crippen LogP contribution in [0, 0.1) is 20.8 Å². The predicted molar refractivity (Wildman–Crippen MR) is 77.5 cm³/mol. The van der Waals surface area contributed by atoms with Gasteiger partial charge < -0.3 is 4.74 Å². The van der Waals surface area contributed by atoms with Crippen LogP contribution in [-0.2, 0) is 20.1 Å². The highest BCUT2D eigenvalue weighted by Crippen LogP contribution is 2.20. The molecular formula is C14H21NO4S. The van der Waals surface area contributed by atoms with E-state index in [1.807, 2.05) is 38.4 Å². The SMILES string of the molecule is Cc1cc(C)c(S(=O)ONC(=O)OC(C)(C)C)c(C)c1. The monoisotopic (exact) mass is 299 g/mol. The van der Waals surface area contributed by atoms with Crippen LogP contribution in [0.2, 0.25) is 0 Å². The van der Waals surface area contributed by atoms with E-state index in [2.05, 4.69) is 0 Å². The summed E-state index contributed by atoms with van der Waals surface area (Å²) in [6, 6.07) is 3.83. The number of carbonyl (C=O) groups is 1. The lowest BCUT2D eigenvalue weighted by Crippen LogP contribution is -2.33. The summed E-state index contributed by atoms with van der Waals surface area (Å²) in [6.07, 6.45) is -0.770. The van der Waals surface area contributed by atoms with E-state index < -0.39 is 22.8 Å². The summed E-state index contributed by atoms with van der Waals surface area (Å²) in [7, 11) is 0. The summed E-state index contributed by atoms with van der Waals surface area (Å²) < 4.78 is 22.0. The third kappa shape index (κ3) is 4.94. The van der Waals surface area contributed by atoms with Gasteiger partial charge in [-0.3, -0.25) is 0 Å². The number of carbonyl (C=O) groups excluding carboxylic acids is 1. The molecule has 0 aliphatic rings. The second-order valence-corrected chi connectivity index (χ2v) is 6.69. The highest BCUT2D eigenvalue weighted by atomic mass is 32.2. The van der Waals surface area contributed by atoms with Crippen LogP contribution in [0.15, 0.2) is 17.0 Å². The minimum Gasteiger partial charge on any atom is -0.442 e. The number of rotatable bonds is 3. The molecule has 0 bridgehead atoms. The van der Waals surface area contributed by atoms with Crippen molar-refractivity contribution in [3.63, 3.8) is 0 Å². The van der Waals surface area contributed by atoms with Crippen molar-refractivity contribution in [1.82, 2.24) is 5.48 Å². The van der Waals surface area contributed by atoms with Gasteiger partial charge in [-0.05, 0) is 52.7 Å². The molecule has 1 unspecified atom stereocenters. The van der Waals surface area contributed by atoms with E-state index in [9.17, 15) is 9.00 Å². The van der Waals surface area contributed by atoms with Crippen LogP contribution >= 0.6 is 0 Å². The quantitative estimate of drug-likeness (QED) is 0.871. The van der Waals surface area contributed by atoms with Gasteiger partial charge in [0, 0.05) is 0 Å². The van der Waals surface area contributed by atoms with Crippen molar-refractivity contribution in [3.8, 4) is 0 Å². The molecule has 1 N–H and O–H groups in total. The van der Waals surface area contributed by atoms with Gasteiger partial charge in [0.1, 0.15) is 5.60 Å². The Morgan fingerprint density at radius 2 is 1.65 bits per heavy atom. The van der Waals surface area contributed by atoms with Crippen LogP contribution < -0.4 is 5.48 Å². The van der Waals surface area contributed by atoms with Crippen LogP contribution in [0.3, 0.4) is 0 Å². The lowest BCUT2D eigenvalue weighted by molar-refractivity contribution is 0.0312. The first-order chi connectivity index (χ1) is 9.10. The maximum absolute atomic E-state index is 12.1. The van der Waals surface area contributed by atoms with E-state index in [1.54, 1.807) is 20.8 Å². The largest absolute Gasteiger partial charge is 0.442 e. The summed E-state index contributed by atoms with van der Waals surface area (Å²) in [5, 5.41) is 0. The van der Waals surface area contributed by atoms with Gasteiger partial charge in [0.25, 0.3) is 0 Å². The Kier molecular flexibility index (Phi) is 5.30. The number of hydrogen-bond acceptors (Lipinski definition) is 4. The number of aryl methyl sites for hydroxylation is 3. The average molecular weight is 299 g/mol. The lowest BCUT2D eigenvalue weighted by Gasteiger charge is -2.19. The molecule has 1 aromatic carbocycles. The van der Waals surface area contributed by atoms with Gasteiger partial charge in [-0.25, -0.2) is 9.00 Å². The molecule has 5 nitrogen and oxygen atoms in total. The number of hydrogen-bond donors (Lipinski definition) is 1. The molecule has 1 aromatic rings. The summed E-state index contributed by atoms with van der Waals surface area (Å²) in [4.78, 5) is 12.0. The number of amides is 1. The zero-order valence-corrected chi connectivity index (χ0v) is 13.5. The molecule has 1 atom stereocenters. The first-order valence-corrected chi connectivity index (χ1v) is 7.33. The Morgan fingerprint density at radius 1 is 1.15 bits per heavy atom. The van der Waals surface area contributed by atoms with Gasteiger partial charge in [-0.15, -0.1) is 0 Å². The minimum absolute atomic E-state index is 0.562. The number of hydroxylamine groups is 1. The number of benzene rings is 1. The maximum atomic E-state index is 12.1. The molecule has 1 rings (SSSR count). The van der Waals surface area contributed by atoms with E-state index in [-0.39, 0.29) is 0 Å². The van der Waals surface area contributed by atoms with E-state index >= 15 is 0 Å². The molecule has 6 heteroatoms. The van der Waals surface area contributed by atoms with Crippen LogP contribution in [0.25, 0.3) is 0 Å². The van der Waals surface area contributed by atoms with E-state index in [4.69, 9.17) is 9.02 Å². The van der Waals surface area contributed by atoms with Crippen molar-refractivity contribution in [3.05, 3.63) is 28.8 Å². The van der Waals surface area contributed by atoms with Gasteiger partial charge in [-0.2, -0.15) is 9.76 Å². The standard InChI is InChI=1S/C14H21NO4S/c1-9-7-10(2)12(11(3)8-9)20(17)19-15-13(16)18-14(4,5)6/h7-8H,1-6H3,(H,15,16). The molecule has 0 heterocycles. The predicted octanol–water partition coefficient (Wildman–Crippen LogP) is 3.09. The molecule has 0 spiro atoms. The lowest BCUT2D eigenvalue weighted by atomic mass is 10.1. The first-order valence-electron chi connectivity index (χ1n) is 6.26. The normalized spacial score (nSPS) is 12.9. The molecule has 0 aromatic heterocycles. The van der Waals surface area contributed by atoms with Gasteiger partial charge in [0.2, 0.25) is 11.1 Å². The highest BCUT2D eigenvalue weighted by Gasteiger charge is 2.18. The molecular weight excluding hydrogens is 278 g/mol. The Balaban J connectivity index is 2.71. The molecule has 20 heavy (non-hydrogen) atoms. The van der Waals surface area contributed by atoms with Crippen molar-refractivity contribution in [1.29, 1.82) is 0 Å². The van der Waals surface area contributed by atoms with Gasteiger partial charge in [0.05, 0.1) is 4.90 Å². The minimum atomic E-state index is -1.78. The van der Waals surface area contributed by atoms with E-state index in [0.717, 1.165) is 16.7 Å². The first kappa shape index (κ1) is 16.7. The average Bonchev–Trinajstić information content (AvgIpc) is 2.22. The fourth-order valence-electron chi connectivity index (χ4n) is 1.84. The Labute approximate surface area is 122 Å². The van der Waals surface area contributed by atoms with Crippen LogP contribution in [0.5, 0.6) is 0 Å². The second kappa shape index (κ2) is 6.37. The summed E-state index contributed by atoms with van der Waals surface area (Å²) >= 11 is -1.78. The molecule has 0 fully saturated rings. The zero-order chi connectivity index (χ0) is 15.5. The number of ether oxygens (including phenoxy) is 1. The van der Waals surface area contributed by atoms with Gasteiger partial charge in [-0.1, -0.05) is 17.7 Å². The van der Waals surface area contributed by atoms with Crippen molar-refractivity contribution >= 4 is 17.2 Å². The third-order valence-electron chi connectivity index (χ3n) is 2.37. The van der Waals surface area contributed by atoms with Crippen LogP contribution in [-0.4, -0.2) is 15.9 Å². The molecule has 112 valence electrons.